The van der Waals surface area contributed by atoms with Gasteiger partial charge in [0, 0.05) is 29.6 Å². The molecule has 3 rings (SSSR count). The first kappa shape index (κ1) is 18.0. The van der Waals surface area contributed by atoms with E-state index < -0.39 is 11.7 Å². The first-order valence-electron chi connectivity index (χ1n) is 8.84. The molecule has 3 nitrogen and oxygen atoms in total. The van der Waals surface area contributed by atoms with Crippen LogP contribution in [0.4, 0.5) is 13.2 Å². The predicted molar refractivity (Wildman–Crippen MR) is 90.1 cm³/mol. The molecule has 0 unspecified atom stereocenters. The van der Waals surface area contributed by atoms with Crippen molar-refractivity contribution in [2.45, 2.75) is 64.2 Å². The summed E-state index contributed by atoms with van der Waals surface area (Å²) in [5, 5.41) is 7.47. The molecule has 1 aliphatic carbocycles. The second-order valence-corrected chi connectivity index (χ2v) is 6.59. The van der Waals surface area contributed by atoms with Crippen LogP contribution in [0.25, 0.3) is 11.3 Å². The summed E-state index contributed by atoms with van der Waals surface area (Å²) in [7, 11) is 0. The highest BCUT2D eigenvalue weighted by Gasteiger charge is 2.37. The van der Waals surface area contributed by atoms with Crippen LogP contribution in [0.2, 0.25) is 0 Å². The molecule has 1 aromatic heterocycles. The van der Waals surface area contributed by atoms with Crippen molar-refractivity contribution in [3.05, 3.63) is 41.2 Å². The van der Waals surface area contributed by atoms with Crippen molar-refractivity contribution >= 4 is 0 Å². The van der Waals surface area contributed by atoms with Gasteiger partial charge in [-0.05, 0) is 31.7 Å². The lowest BCUT2D eigenvalue weighted by Gasteiger charge is -2.16. The van der Waals surface area contributed by atoms with E-state index in [4.69, 9.17) is 4.52 Å². The number of nitrogens with one attached hydrogen (secondary N) is 1. The van der Waals surface area contributed by atoms with Gasteiger partial charge < -0.3 is 9.84 Å². The fourth-order valence-corrected chi connectivity index (χ4v) is 3.13. The number of halogens is 3. The molecule has 1 N–H and O–H groups in total. The summed E-state index contributed by atoms with van der Waals surface area (Å²) >= 11 is 0. The number of hydrogen-bond donors (Lipinski definition) is 1. The topological polar surface area (TPSA) is 38.1 Å². The third-order valence-electron chi connectivity index (χ3n) is 4.81. The number of nitrogens with zero attached hydrogens (tertiary/aromatic N) is 1. The normalized spacial score (nSPS) is 15.1. The van der Waals surface area contributed by atoms with Gasteiger partial charge >= 0.3 is 6.18 Å². The molecule has 1 fully saturated rings. The van der Waals surface area contributed by atoms with Gasteiger partial charge in [-0.15, -0.1) is 0 Å². The van der Waals surface area contributed by atoms with E-state index in [1.54, 1.807) is 6.07 Å². The van der Waals surface area contributed by atoms with Gasteiger partial charge in [0.05, 0.1) is 5.56 Å². The van der Waals surface area contributed by atoms with Crippen molar-refractivity contribution in [1.29, 1.82) is 0 Å². The summed E-state index contributed by atoms with van der Waals surface area (Å²) in [6.45, 7) is 4.66. The molecular formula is C19H23F3N2O. The van der Waals surface area contributed by atoms with Gasteiger partial charge in [-0.25, -0.2) is 0 Å². The Morgan fingerprint density at radius 1 is 1.20 bits per heavy atom. The summed E-state index contributed by atoms with van der Waals surface area (Å²) in [6.07, 6.45) is -0.472. The highest BCUT2D eigenvalue weighted by molar-refractivity contribution is 5.68. The van der Waals surface area contributed by atoms with Crippen LogP contribution in [0, 0.1) is 0 Å². The lowest BCUT2D eigenvalue weighted by Crippen LogP contribution is -2.27. The zero-order valence-corrected chi connectivity index (χ0v) is 14.5. The van der Waals surface area contributed by atoms with E-state index in [1.807, 2.05) is 0 Å². The monoisotopic (exact) mass is 352 g/mol. The average molecular weight is 352 g/mol. The van der Waals surface area contributed by atoms with E-state index in [-0.39, 0.29) is 11.5 Å². The van der Waals surface area contributed by atoms with Crippen LogP contribution >= 0.6 is 0 Å². The van der Waals surface area contributed by atoms with Crippen LogP contribution in [0.5, 0.6) is 0 Å². The Kier molecular flexibility index (Phi) is 5.18. The SMILES string of the molecule is CCC(CC)NCc1c(-c2ccccc2C(F)(F)F)noc1C1CC1. The van der Waals surface area contributed by atoms with Crippen LogP contribution in [-0.4, -0.2) is 11.2 Å². The fourth-order valence-electron chi connectivity index (χ4n) is 3.13. The molecule has 0 saturated heterocycles. The first-order chi connectivity index (χ1) is 12.0. The highest BCUT2D eigenvalue weighted by Crippen LogP contribution is 2.45. The van der Waals surface area contributed by atoms with E-state index in [0.29, 0.717) is 18.3 Å². The maximum Gasteiger partial charge on any atom is 0.417 e. The molecule has 136 valence electrons. The van der Waals surface area contributed by atoms with Gasteiger partial charge in [-0.3, -0.25) is 0 Å². The molecule has 0 spiro atoms. The largest absolute Gasteiger partial charge is 0.417 e. The van der Waals surface area contributed by atoms with Crippen molar-refractivity contribution in [3.63, 3.8) is 0 Å². The summed E-state index contributed by atoms with van der Waals surface area (Å²) < 4.78 is 45.7. The Hall–Kier alpha value is -1.82. The van der Waals surface area contributed by atoms with E-state index in [0.717, 1.165) is 43.1 Å². The lowest BCUT2D eigenvalue weighted by molar-refractivity contribution is -0.137. The number of alkyl halides is 3. The molecule has 25 heavy (non-hydrogen) atoms. The van der Waals surface area contributed by atoms with Crippen LogP contribution in [0.1, 0.15) is 62.3 Å². The third-order valence-corrected chi connectivity index (χ3v) is 4.81. The minimum absolute atomic E-state index is 0.0898. The molecule has 0 amide bonds. The van der Waals surface area contributed by atoms with E-state index >= 15 is 0 Å². The van der Waals surface area contributed by atoms with Crippen molar-refractivity contribution in [2.24, 2.45) is 0 Å². The van der Waals surface area contributed by atoms with E-state index in [2.05, 4.69) is 24.3 Å². The molecule has 6 heteroatoms. The number of hydrogen-bond acceptors (Lipinski definition) is 3. The van der Waals surface area contributed by atoms with E-state index in [1.165, 1.54) is 12.1 Å². The van der Waals surface area contributed by atoms with Gasteiger partial charge in [0.25, 0.3) is 0 Å². The number of benzene rings is 1. The zero-order chi connectivity index (χ0) is 18.0. The first-order valence-corrected chi connectivity index (χ1v) is 8.84. The van der Waals surface area contributed by atoms with Crippen LogP contribution in [0.15, 0.2) is 28.8 Å². The molecular weight excluding hydrogens is 329 g/mol. The van der Waals surface area contributed by atoms with Crippen molar-refractivity contribution in [2.75, 3.05) is 0 Å². The average Bonchev–Trinajstić information content (AvgIpc) is 3.35. The summed E-state index contributed by atoms with van der Waals surface area (Å²) in [5.41, 5.74) is 0.501. The molecule has 2 aromatic rings. The van der Waals surface area contributed by atoms with Gasteiger partial charge in [0.2, 0.25) is 0 Å². The standard InChI is InChI=1S/C19H23F3N2O/c1-3-13(4-2)23-11-15-17(24-25-18(15)12-9-10-12)14-7-5-6-8-16(14)19(20,21)22/h5-8,12-13,23H,3-4,9-11H2,1-2H3. The molecule has 0 aliphatic heterocycles. The van der Waals surface area contributed by atoms with Gasteiger partial charge in [0.1, 0.15) is 11.5 Å². The van der Waals surface area contributed by atoms with E-state index in [9.17, 15) is 13.2 Å². The van der Waals surface area contributed by atoms with Crippen molar-refractivity contribution < 1.29 is 17.7 Å². The molecule has 1 aliphatic rings. The Morgan fingerprint density at radius 3 is 2.48 bits per heavy atom. The number of aromatic nitrogens is 1. The maximum absolute atomic E-state index is 13.4. The van der Waals surface area contributed by atoms with Gasteiger partial charge in [-0.1, -0.05) is 37.2 Å². The summed E-state index contributed by atoms with van der Waals surface area (Å²) in [5.74, 6) is 1.03. The third kappa shape index (κ3) is 3.89. The molecule has 0 bridgehead atoms. The second kappa shape index (κ2) is 7.20. The quantitative estimate of drug-likeness (QED) is 0.713. The van der Waals surface area contributed by atoms with Crippen LogP contribution in [-0.2, 0) is 12.7 Å². The Balaban J connectivity index is 2.00. The molecule has 0 atom stereocenters. The van der Waals surface area contributed by atoms with Crippen LogP contribution in [0.3, 0.4) is 0 Å². The predicted octanol–water partition coefficient (Wildman–Crippen LogP) is 5.52. The molecule has 1 aromatic carbocycles. The minimum atomic E-state index is -4.42. The Morgan fingerprint density at radius 2 is 1.88 bits per heavy atom. The number of rotatable bonds is 7. The Bertz CT molecular complexity index is 716. The van der Waals surface area contributed by atoms with Crippen molar-refractivity contribution in [1.82, 2.24) is 10.5 Å². The smallest absolute Gasteiger partial charge is 0.360 e. The fraction of sp³-hybridized carbons (Fsp3) is 0.526. The zero-order valence-electron chi connectivity index (χ0n) is 14.5. The molecule has 1 heterocycles. The highest BCUT2D eigenvalue weighted by atomic mass is 19.4. The minimum Gasteiger partial charge on any atom is -0.360 e. The van der Waals surface area contributed by atoms with Crippen molar-refractivity contribution in [3.8, 4) is 11.3 Å². The summed E-state index contributed by atoms with van der Waals surface area (Å²) in [6, 6.07) is 5.90. The maximum atomic E-state index is 13.4. The lowest BCUT2D eigenvalue weighted by atomic mass is 9.98. The van der Waals surface area contributed by atoms with Gasteiger partial charge in [-0.2, -0.15) is 13.2 Å². The summed E-state index contributed by atoms with van der Waals surface area (Å²) in [4.78, 5) is 0. The second-order valence-electron chi connectivity index (χ2n) is 6.59. The molecule has 1 saturated carbocycles. The van der Waals surface area contributed by atoms with Crippen LogP contribution < -0.4 is 5.32 Å². The molecule has 0 radical (unpaired) electrons. The van der Waals surface area contributed by atoms with Gasteiger partial charge in [0.15, 0.2) is 0 Å². The Labute approximate surface area is 145 Å².